The van der Waals surface area contributed by atoms with Gasteiger partial charge in [-0.2, -0.15) is 5.10 Å². The average molecular weight is 676 g/mol. The standard InChI is InChI=1S/C36H46ClN7O4/c1-7-8-9-10-11-12-13-15-24(4)17-18-30(45)43-22-26-20-25(5)32(31(33(26)42-43)36(47)39-23(2)3)40-35(46)28-21-29(48-6)41-44(28)34-27(37)16-14-19-38-34/h14,16-24H,7-13,15H2,1-6H3,(H,39,47)(H,40,46)/b18-17+. The van der Waals surface area contributed by atoms with Crippen molar-refractivity contribution in [3.63, 3.8) is 0 Å². The summed E-state index contributed by atoms with van der Waals surface area (Å²) in [6, 6.07) is 6.35. The van der Waals surface area contributed by atoms with Crippen LogP contribution in [-0.4, -0.2) is 55.4 Å². The maximum absolute atomic E-state index is 13.8. The van der Waals surface area contributed by atoms with Crippen LogP contribution in [0.2, 0.25) is 5.02 Å². The second-order valence-corrected chi connectivity index (χ2v) is 12.8. The minimum Gasteiger partial charge on any atom is -0.480 e. The number of aromatic nitrogens is 5. The smallest absolute Gasteiger partial charge is 0.274 e. The Morgan fingerprint density at radius 3 is 2.44 bits per heavy atom. The number of aryl methyl sites for hydroxylation is 1. The summed E-state index contributed by atoms with van der Waals surface area (Å²) in [5.41, 5.74) is 1.36. The highest BCUT2D eigenvalue weighted by molar-refractivity contribution is 6.32. The van der Waals surface area contributed by atoms with Crippen LogP contribution in [0.1, 0.15) is 110 Å². The van der Waals surface area contributed by atoms with Crippen LogP contribution in [0, 0.1) is 12.8 Å². The first-order valence-electron chi connectivity index (χ1n) is 16.7. The Bertz CT molecular complexity index is 1780. The predicted molar refractivity (Wildman–Crippen MR) is 189 cm³/mol. The van der Waals surface area contributed by atoms with Gasteiger partial charge in [-0.15, -0.1) is 5.10 Å². The third-order valence-electron chi connectivity index (χ3n) is 8.01. The normalized spacial score (nSPS) is 12.2. The molecule has 3 heterocycles. The van der Waals surface area contributed by atoms with Gasteiger partial charge >= 0.3 is 0 Å². The van der Waals surface area contributed by atoms with E-state index in [4.69, 9.17) is 16.3 Å². The number of rotatable bonds is 16. The highest BCUT2D eigenvalue weighted by Gasteiger charge is 2.26. The van der Waals surface area contributed by atoms with E-state index in [1.807, 2.05) is 19.9 Å². The van der Waals surface area contributed by atoms with Gasteiger partial charge in [-0.1, -0.05) is 76.5 Å². The second kappa shape index (κ2) is 17.1. The van der Waals surface area contributed by atoms with Gasteiger partial charge < -0.3 is 15.4 Å². The Kier molecular flexibility index (Phi) is 12.9. The zero-order valence-corrected chi connectivity index (χ0v) is 29.4. The van der Waals surface area contributed by atoms with Gasteiger partial charge in [0, 0.05) is 36.0 Å². The molecule has 1 aromatic carbocycles. The lowest BCUT2D eigenvalue weighted by Gasteiger charge is -2.16. The number of nitrogens with one attached hydrogen (secondary N) is 2. The first-order chi connectivity index (χ1) is 23.0. The number of methoxy groups -OCH3 is 1. The number of anilines is 1. The lowest BCUT2D eigenvalue weighted by atomic mass is 10.0. The number of carbonyl (C=O) groups is 3. The molecule has 3 aromatic heterocycles. The predicted octanol–water partition coefficient (Wildman–Crippen LogP) is 7.95. The van der Waals surface area contributed by atoms with Crippen molar-refractivity contribution >= 4 is 45.9 Å². The summed E-state index contributed by atoms with van der Waals surface area (Å²) in [6.45, 7) is 9.78. The molecule has 0 bridgehead atoms. The number of allylic oxidation sites excluding steroid dienone is 2. The van der Waals surface area contributed by atoms with Crippen LogP contribution in [0.4, 0.5) is 5.69 Å². The van der Waals surface area contributed by atoms with Gasteiger partial charge in [0.15, 0.2) is 5.82 Å². The Labute approximate surface area is 287 Å². The molecule has 11 nitrogen and oxygen atoms in total. The fourth-order valence-corrected chi connectivity index (χ4v) is 5.67. The number of amides is 2. The number of ether oxygens (including phenoxy) is 1. The van der Waals surface area contributed by atoms with E-state index >= 15 is 0 Å². The fourth-order valence-electron chi connectivity index (χ4n) is 5.47. The van der Waals surface area contributed by atoms with Crippen molar-refractivity contribution in [2.75, 3.05) is 12.4 Å². The minimum absolute atomic E-state index is 0.0821. The van der Waals surface area contributed by atoms with Crippen LogP contribution in [0.15, 0.2) is 48.8 Å². The maximum Gasteiger partial charge on any atom is 0.274 e. The largest absolute Gasteiger partial charge is 0.480 e. The van der Waals surface area contributed by atoms with Gasteiger partial charge in [0.25, 0.3) is 17.7 Å². The molecule has 0 aliphatic carbocycles. The lowest BCUT2D eigenvalue weighted by Crippen LogP contribution is -2.31. The number of nitrogens with zero attached hydrogens (tertiary/aromatic N) is 5. The van der Waals surface area contributed by atoms with Gasteiger partial charge in [0.05, 0.1) is 23.4 Å². The van der Waals surface area contributed by atoms with Gasteiger partial charge in [-0.05, 0) is 56.9 Å². The summed E-state index contributed by atoms with van der Waals surface area (Å²) >= 11 is 6.38. The molecule has 0 fully saturated rings. The molecule has 48 heavy (non-hydrogen) atoms. The molecule has 4 rings (SSSR count). The molecule has 4 aromatic rings. The first kappa shape index (κ1) is 36.3. The topological polar surface area (TPSA) is 133 Å². The first-order valence-corrected chi connectivity index (χ1v) is 17.0. The third-order valence-corrected chi connectivity index (χ3v) is 8.30. The van der Waals surface area contributed by atoms with Crippen molar-refractivity contribution in [3.8, 4) is 11.7 Å². The van der Waals surface area contributed by atoms with Gasteiger partial charge in [0.2, 0.25) is 5.88 Å². The molecule has 1 atom stereocenters. The van der Waals surface area contributed by atoms with E-state index in [9.17, 15) is 14.4 Å². The molecule has 12 heteroatoms. The number of unbranched alkanes of at least 4 members (excludes halogenated alkanes) is 6. The third kappa shape index (κ3) is 9.09. The Morgan fingerprint density at radius 1 is 1.02 bits per heavy atom. The van der Waals surface area contributed by atoms with E-state index in [0.29, 0.717) is 10.9 Å². The maximum atomic E-state index is 13.8. The molecule has 0 saturated heterocycles. The van der Waals surface area contributed by atoms with Crippen LogP contribution >= 0.6 is 11.6 Å². The van der Waals surface area contributed by atoms with Crippen molar-refractivity contribution in [1.82, 2.24) is 29.9 Å². The summed E-state index contributed by atoms with van der Waals surface area (Å²) in [7, 11) is 1.44. The van der Waals surface area contributed by atoms with Gasteiger partial charge in [-0.3, -0.25) is 14.4 Å². The Morgan fingerprint density at radius 2 is 1.75 bits per heavy atom. The average Bonchev–Trinajstić information content (AvgIpc) is 3.68. The number of benzene rings is 1. The number of hydrogen-bond acceptors (Lipinski definition) is 7. The number of pyridine rings is 1. The van der Waals surface area contributed by atoms with Crippen molar-refractivity contribution in [2.24, 2.45) is 5.92 Å². The van der Waals surface area contributed by atoms with Crippen LogP contribution in [0.25, 0.3) is 16.7 Å². The fraction of sp³-hybridized carbons (Fsp3) is 0.444. The van der Waals surface area contributed by atoms with Crippen LogP contribution in [0.3, 0.4) is 0 Å². The second-order valence-electron chi connectivity index (χ2n) is 12.4. The molecule has 0 saturated carbocycles. The zero-order valence-electron chi connectivity index (χ0n) is 28.7. The SMILES string of the molecule is CCCCCCCCCC(C)/C=C/C(=O)n1cc2cc(C)c(NC(=O)c3cc(OC)nn3-c3ncccc3Cl)c(C(=O)NC(C)C)c2n1. The van der Waals surface area contributed by atoms with E-state index in [0.717, 1.165) is 12.8 Å². The summed E-state index contributed by atoms with van der Waals surface area (Å²) < 4.78 is 7.81. The molecular formula is C36H46ClN7O4. The van der Waals surface area contributed by atoms with Crippen LogP contribution in [0.5, 0.6) is 5.88 Å². The zero-order chi connectivity index (χ0) is 34.8. The Hall–Kier alpha value is -4.51. The molecule has 256 valence electrons. The summed E-state index contributed by atoms with van der Waals surface area (Å²) in [5.74, 6) is -0.682. The van der Waals surface area contributed by atoms with Crippen molar-refractivity contribution in [2.45, 2.75) is 92.0 Å². The van der Waals surface area contributed by atoms with Crippen molar-refractivity contribution in [1.29, 1.82) is 0 Å². The van der Waals surface area contributed by atoms with E-state index in [1.165, 1.54) is 67.3 Å². The van der Waals surface area contributed by atoms with Crippen LogP contribution < -0.4 is 15.4 Å². The minimum atomic E-state index is -0.582. The molecule has 0 aliphatic rings. The summed E-state index contributed by atoms with van der Waals surface area (Å²) in [6.07, 6.45) is 16.3. The Balaban J connectivity index is 1.61. The number of fused-ring (bicyclic) bond motifs is 1. The molecule has 0 spiro atoms. The van der Waals surface area contributed by atoms with E-state index in [-0.39, 0.29) is 57.0 Å². The van der Waals surface area contributed by atoms with Gasteiger partial charge in [0.1, 0.15) is 11.2 Å². The highest BCUT2D eigenvalue weighted by Crippen LogP contribution is 2.31. The van der Waals surface area contributed by atoms with Gasteiger partial charge in [-0.25, -0.2) is 14.3 Å². The molecule has 1 unspecified atom stereocenters. The summed E-state index contributed by atoms with van der Waals surface area (Å²) in [5, 5.41) is 15.5. The molecule has 2 amide bonds. The monoisotopic (exact) mass is 675 g/mol. The highest BCUT2D eigenvalue weighted by atomic mass is 35.5. The van der Waals surface area contributed by atoms with E-state index in [1.54, 1.807) is 37.4 Å². The van der Waals surface area contributed by atoms with E-state index in [2.05, 4.69) is 39.7 Å². The number of carbonyl (C=O) groups excluding carboxylic acids is 3. The van der Waals surface area contributed by atoms with E-state index < -0.39 is 11.8 Å². The molecular weight excluding hydrogens is 630 g/mol. The lowest BCUT2D eigenvalue weighted by molar-refractivity contribution is 0.0936. The number of halogens is 1. The summed E-state index contributed by atoms with van der Waals surface area (Å²) in [4.78, 5) is 45.0. The number of hydrogen-bond donors (Lipinski definition) is 2. The van der Waals surface area contributed by atoms with Crippen molar-refractivity contribution < 1.29 is 19.1 Å². The molecule has 2 N–H and O–H groups in total. The van der Waals surface area contributed by atoms with Crippen LogP contribution in [-0.2, 0) is 0 Å². The molecule has 0 aliphatic heterocycles. The van der Waals surface area contributed by atoms with Crippen molar-refractivity contribution in [3.05, 3.63) is 70.7 Å². The molecule has 0 radical (unpaired) electrons. The quantitative estimate of drug-likeness (QED) is 0.0909.